The van der Waals surface area contributed by atoms with Gasteiger partial charge in [-0.2, -0.15) is 0 Å². The molecule has 0 aliphatic carbocycles. The van der Waals surface area contributed by atoms with E-state index in [1.165, 1.54) is 41.4 Å². The zero-order valence-corrected chi connectivity index (χ0v) is 10.7. The van der Waals surface area contributed by atoms with E-state index in [2.05, 4.69) is 0 Å². The zero-order chi connectivity index (χ0) is 16.0. The maximum absolute atomic E-state index is 10.9. The molecule has 0 saturated carbocycles. The van der Waals surface area contributed by atoms with Gasteiger partial charge in [0, 0.05) is 36.5 Å². The van der Waals surface area contributed by atoms with Gasteiger partial charge in [-0.1, -0.05) is 0 Å². The second kappa shape index (κ2) is 4.48. The third-order valence-corrected chi connectivity index (χ3v) is 3.18. The molecule has 0 atom stereocenters. The molecule has 0 unspecified atom stereocenters. The summed E-state index contributed by atoms with van der Waals surface area (Å²) in [6, 6.07) is 0. The van der Waals surface area contributed by atoms with Gasteiger partial charge < -0.3 is 4.90 Å². The van der Waals surface area contributed by atoms with Crippen LogP contribution in [0.1, 0.15) is 0 Å². The molecular weight excluding hydrogens is 296 g/mol. The van der Waals surface area contributed by atoms with Gasteiger partial charge in [0.2, 0.25) is 0 Å². The average molecular weight is 302 g/mol. The molecule has 0 aromatic heterocycles. The molecule has 0 saturated heterocycles. The lowest BCUT2D eigenvalue weighted by Gasteiger charge is -2.32. The second-order valence-corrected chi connectivity index (χ2v) is 4.52. The van der Waals surface area contributed by atoms with E-state index in [1.54, 1.807) is 0 Å². The number of hydrogen-bond donors (Lipinski definition) is 0. The number of nitro groups is 3. The van der Waals surface area contributed by atoms with Crippen LogP contribution < -0.4 is 0 Å². The standard InChI is InChI=1S/C12H6N4O6/c17-14(18)10-1-7-2-11(15(19)20)5-9-6-12(16(21)22)4-8(3-10)13(7)9/h1-6H. The van der Waals surface area contributed by atoms with Crippen LogP contribution in [0, 0.1) is 30.3 Å². The van der Waals surface area contributed by atoms with Crippen molar-refractivity contribution in [1.29, 1.82) is 0 Å². The molecule has 22 heavy (non-hydrogen) atoms. The largest absolute Gasteiger partial charge is 0.309 e. The van der Waals surface area contributed by atoms with Crippen molar-refractivity contribution in [3.63, 3.8) is 0 Å². The van der Waals surface area contributed by atoms with Crippen LogP contribution in [-0.2, 0) is 0 Å². The molecule has 3 heterocycles. The molecule has 3 rings (SSSR count). The summed E-state index contributed by atoms with van der Waals surface area (Å²) < 4.78 is 0. The van der Waals surface area contributed by atoms with Crippen LogP contribution in [0.4, 0.5) is 0 Å². The van der Waals surface area contributed by atoms with Gasteiger partial charge in [0.25, 0.3) is 17.1 Å². The average Bonchev–Trinajstić information content (AvgIpc) is 2.46. The van der Waals surface area contributed by atoms with Crippen LogP contribution in [0.25, 0.3) is 0 Å². The van der Waals surface area contributed by atoms with E-state index in [0.29, 0.717) is 0 Å². The molecule has 0 amide bonds. The van der Waals surface area contributed by atoms with Gasteiger partial charge in [0.15, 0.2) is 0 Å². The number of allylic oxidation sites excluding steroid dienone is 6. The van der Waals surface area contributed by atoms with Crippen molar-refractivity contribution in [2.24, 2.45) is 0 Å². The number of hydrogen-bond acceptors (Lipinski definition) is 7. The highest BCUT2D eigenvalue weighted by Crippen LogP contribution is 2.37. The van der Waals surface area contributed by atoms with Gasteiger partial charge in [0.1, 0.15) is 0 Å². The van der Waals surface area contributed by atoms with Crippen molar-refractivity contribution in [1.82, 2.24) is 4.90 Å². The van der Waals surface area contributed by atoms with Crippen molar-refractivity contribution in [3.8, 4) is 0 Å². The maximum atomic E-state index is 10.9. The Morgan fingerprint density at radius 3 is 1.09 bits per heavy atom. The van der Waals surface area contributed by atoms with Gasteiger partial charge in [-0.05, 0) is 0 Å². The number of nitrogens with zero attached hydrogens (tertiary/aromatic N) is 4. The third-order valence-electron chi connectivity index (χ3n) is 3.18. The van der Waals surface area contributed by atoms with E-state index in [4.69, 9.17) is 0 Å². The summed E-state index contributed by atoms with van der Waals surface area (Å²) in [5, 5.41) is 32.8. The van der Waals surface area contributed by atoms with Crippen molar-refractivity contribution in [3.05, 3.63) is 101 Å². The van der Waals surface area contributed by atoms with Gasteiger partial charge in [0.05, 0.1) is 31.9 Å². The van der Waals surface area contributed by atoms with Crippen LogP contribution in [0.2, 0.25) is 0 Å². The Hall–Kier alpha value is -3.56. The molecule has 0 aromatic rings. The maximum Gasteiger partial charge on any atom is 0.273 e. The first-order chi connectivity index (χ1) is 10.4. The molecule has 0 bridgehead atoms. The molecule has 0 fully saturated rings. The minimum Gasteiger partial charge on any atom is -0.309 e. The van der Waals surface area contributed by atoms with E-state index < -0.39 is 14.8 Å². The predicted molar refractivity (Wildman–Crippen MR) is 71.3 cm³/mol. The highest BCUT2D eigenvalue weighted by atomic mass is 16.6. The lowest BCUT2D eigenvalue weighted by atomic mass is 10.0. The van der Waals surface area contributed by atoms with Gasteiger partial charge in [-0.15, -0.1) is 0 Å². The summed E-state index contributed by atoms with van der Waals surface area (Å²) >= 11 is 0. The fraction of sp³-hybridized carbons (Fsp3) is 0. The van der Waals surface area contributed by atoms with Crippen LogP contribution in [0.3, 0.4) is 0 Å². The summed E-state index contributed by atoms with van der Waals surface area (Å²) in [7, 11) is 0. The minimum atomic E-state index is -0.660. The first-order valence-corrected chi connectivity index (χ1v) is 5.90. The van der Waals surface area contributed by atoms with Gasteiger partial charge >= 0.3 is 0 Å². The van der Waals surface area contributed by atoms with Crippen molar-refractivity contribution < 1.29 is 14.8 Å². The molecule has 3 aliphatic rings. The summed E-state index contributed by atoms with van der Waals surface area (Å²) in [5.41, 5.74) is -0.276. The normalized spacial score (nSPS) is 18.8. The lowest BCUT2D eigenvalue weighted by Crippen LogP contribution is -2.29. The highest BCUT2D eigenvalue weighted by Gasteiger charge is 2.34. The van der Waals surface area contributed by atoms with E-state index in [-0.39, 0.29) is 34.2 Å². The van der Waals surface area contributed by atoms with Crippen molar-refractivity contribution in [2.75, 3.05) is 0 Å². The topological polar surface area (TPSA) is 133 Å². The molecule has 3 aliphatic heterocycles. The molecule has 10 nitrogen and oxygen atoms in total. The third kappa shape index (κ3) is 1.98. The fourth-order valence-electron chi connectivity index (χ4n) is 2.31. The molecule has 0 N–H and O–H groups in total. The second-order valence-electron chi connectivity index (χ2n) is 4.52. The Balaban J connectivity index is 2.23. The minimum absolute atomic E-state index is 0.211. The lowest BCUT2D eigenvalue weighted by molar-refractivity contribution is -0.421. The number of rotatable bonds is 3. The van der Waals surface area contributed by atoms with E-state index in [1.807, 2.05) is 0 Å². The van der Waals surface area contributed by atoms with E-state index in [0.717, 1.165) is 0 Å². The van der Waals surface area contributed by atoms with Crippen LogP contribution >= 0.6 is 0 Å². The Bertz CT molecular complexity index is 717. The molecular formula is C12H6N4O6. The molecule has 0 radical (unpaired) electrons. The summed E-state index contributed by atoms with van der Waals surface area (Å²) in [6.45, 7) is 0. The molecule has 0 aromatic carbocycles. The smallest absolute Gasteiger partial charge is 0.273 e. The summed E-state index contributed by atoms with van der Waals surface area (Å²) in [4.78, 5) is 32.3. The van der Waals surface area contributed by atoms with Crippen LogP contribution in [-0.4, -0.2) is 19.7 Å². The first kappa shape index (κ1) is 13.4. The fourth-order valence-corrected chi connectivity index (χ4v) is 2.31. The Kier molecular flexibility index (Phi) is 2.73. The van der Waals surface area contributed by atoms with E-state index >= 15 is 0 Å². The summed E-state index contributed by atoms with van der Waals surface area (Å²) in [5.74, 6) is 0. The SMILES string of the molecule is O=[N+]([O-])C1=CC2=CC([N+](=O)[O-])=CC3=CC([N+](=O)[O-])=CC(=C1)N23. The van der Waals surface area contributed by atoms with Gasteiger partial charge in [-0.25, -0.2) is 0 Å². The van der Waals surface area contributed by atoms with E-state index in [9.17, 15) is 30.3 Å². The van der Waals surface area contributed by atoms with Crippen LogP contribution in [0.15, 0.2) is 70.6 Å². The Morgan fingerprint density at radius 2 is 0.864 bits per heavy atom. The highest BCUT2D eigenvalue weighted by molar-refractivity contribution is 5.54. The first-order valence-electron chi connectivity index (χ1n) is 5.90. The van der Waals surface area contributed by atoms with Crippen molar-refractivity contribution >= 4 is 0 Å². The van der Waals surface area contributed by atoms with Crippen LogP contribution in [0.5, 0.6) is 0 Å². The Labute approximate surface area is 121 Å². The molecule has 10 heteroatoms. The molecule has 0 spiro atoms. The summed E-state index contributed by atoms with van der Waals surface area (Å²) in [6.07, 6.45) is 7.08. The van der Waals surface area contributed by atoms with Gasteiger partial charge in [-0.3, -0.25) is 30.3 Å². The predicted octanol–water partition coefficient (Wildman–Crippen LogP) is 1.46. The monoisotopic (exact) mass is 302 g/mol. The quantitative estimate of drug-likeness (QED) is 0.569. The Morgan fingerprint density at radius 1 is 0.591 bits per heavy atom. The van der Waals surface area contributed by atoms with Crippen molar-refractivity contribution in [2.45, 2.75) is 0 Å². The molecule has 110 valence electrons. The zero-order valence-electron chi connectivity index (χ0n) is 10.7.